The highest BCUT2D eigenvalue weighted by molar-refractivity contribution is 7.14. The maximum absolute atomic E-state index is 11.0. The molecule has 0 saturated carbocycles. The van der Waals surface area contributed by atoms with Crippen molar-refractivity contribution in [3.8, 4) is 11.5 Å². The number of carbonyl (C=O) groups excluding carboxylic acids is 1. The quantitative estimate of drug-likeness (QED) is 0.307. The largest absolute Gasteiger partial charge is 0.458 e. The van der Waals surface area contributed by atoms with Crippen molar-refractivity contribution in [2.75, 3.05) is 25.1 Å². The zero-order valence-electron chi connectivity index (χ0n) is 15.8. The Morgan fingerprint density at radius 3 is 2.96 bits per heavy atom. The van der Waals surface area contributed by atoms with Crippen molar-refractivity contribution in [3.05, 3.63) is 23.3 Å². The summed E-state index contributed by atoms with van der Waals surface area (Å²) in [6.45, 7) is 6.06. The van der Waals surface area contributed by atoms with Crippen molar-refractivity contribution < 1.29 is 13.9 Å². The number of hydrogen-bond donors (Lipinski definition) is 3. The predicted molar refractivity (Wildman–Crippen MR) is 108 cm³/mol. The molecule has 2 aromatic rings. The van der Waals surface area contributed by atoms with E-state index in [4.69, 9.17) is 14.9 Å². The van der Waals surface area contributed by atoms with Crippen molar-refractivity contribution in [3.63, 3.8) is 0 Å². The molecule has 0 radical (unpaired) electrons. The molecule has 27 heavy (non-hydrogen) atoms. The molecule has 0 atom stereocenters. The van der Waals surface area contributed by atoms with Crippen LogP contribution in [0.2, 0.25) is 0 Å². The number of carbonyl (C=O) groups is 1. The van der Waals surface area contributed by atoms with E-state index in [1.165, 1.54) is 18.3 Å². The third kappa shape index (κ3) is 7.79. The van der Waals surface area contributed by atoms with E-state index in [0.29, 0.717) is 48.0 Å². The Bertz CT molecular complexity index is 741. The fourth-order valence-electron chi connectivity index (χ4n) is 2.13. The number of amides is 1. The molecule has 0 fully saturated rings. The molecular weight excluding hydrogens is 366 g/mol. The number of furan rings is 1. The van der Waals surface area contributed by atoms with E-state index >= 15 is 0 Å². The molecule has 9 heteroatoms. The number of nitrogens with two attached hydrogens (primary N) is 1. The molecule has 0 unspecified atom stereocenters. The smallest absolute Gasteiger partial charge is 0.217 e. The number of anilines is 1. The summed E-state index contributed by atoms with van der Waals surface area (Å²) in [6, 6.07) is 3.64. The number of unbranched alkanes of at least 4 members (excludes halogenated alkanes) is 1. The van der Waals surface area contributed by atoms with Gasteiger partial charge in [-0.2, -0.15) is 0 Å². The summed E-state index contributed by atoms with van der Waals surface area (Å²) in [7, 11) is 0. The highest BCUT2D eigenvalue weighted by atomic mass is 32.1. The van der Waals surface area contributed by atoms with Gasteiger partial charge in [-0.1, -0.05) is 13.3 Å². The lowest BCUT2D eigenvalue weighted by atomic mass is 10.3. The first-order valence-electron chi connectivity index (χ1n) is 9.02. The van der Waals surface area contributed by atoms with E-state index in [9.17, 15) is 4.79 Å². The molecule has 1 amide bonds. The van der Waals surface area contributed by atoms with Gasteiger partial charge in [-0.05, 0) is 25.0 Å². The van der Waals surface area contributed by atoms with Crippen molar-refractivity contribution in [1.29, 1.82) is 0 Å². The fourth-order valence-corrected chi connectivity index (χ4v) is 2.84. The second-order valence-electron chi connectivity index (χ2n) is 5.93. The Hall–Kier alpha value is -2.39. The zero-order valence-corrected chi connectivity index (χ0v) is 16.6. The van der Waals surface area contributed by atoms with Crippen LogP contribution >= 0.6 is 11.3 Å². The first-order valence-corrected chi connectivity index (χ1v) is 9.90. The molecule has 2 heterocycles. The van der Waals surface area contributed by atoms with Gasteiger partial charge in [-0.3, -0.25) is 9.79 Å². The number of ether oxygens (including phenoxy) is 1. The summed E-state index contributed by atoms with van der Waals surface area (Å²) in [4.78, 5) is 19.7. The first-order chi connectivity index (χ1) is 13.1. The SMILES string of the molecule is CCCCOCCCN=C(N)Nc1nc(-c2ccc(CNC(C)=O)o2)cs1. The lowest BCUT2D eigenvalue weighted by Crippen LogP contribution is -2.22. The molecule has 148 valence electrons. The van der Waals surface area contributed by atoms with Crippen LogP contribution in [0.15, 0.2) is 26.9 Å². The third-order valence-corrected chi connectivity index (χ3v) is 4.29. The molecule has 0 saturated heterocycles. The van der Waals surface area contributed by atoms with Gasteiger partial charge >= 0.3 is 0 Å². The van der Waals surface area contributed by atoms with Crippen LogP contribution < -0.4 is 16.4 Å². The Kier molecular flexibility index (Phi) is 8.79. The van der Waals surface area contributed by atoms with Crippen LogP contribution in [0.3, 0.4) is 0 Å². The minimum atomic E-state index is -0.102. The van der Waals surface area contributed by atoms with Crippen LogP contribution in [0.1, 0.15) is 38.9 Å². The number of aromatic nitrogens is 1. The van der Waals surface area contributed by atoms with E-state index in [2.05, 4.69) is 27.5 Å². The molecule has 0 aromatic carbocycles. The lowest BCUT2D eigenvalue weighted by molar-refractivity contribution is -0.119. The minimum absolute atomic E-state index is 0.102. The predicted octanol–water partition coefficient (Wildman–Crippen LogP) is 2.97. The van der Waals surface area contributed by atoms with Gasteiger partial charge in [0, 0.05) is 32.1 Å². The Labute approximate surface area is 163 Å². The first kappa shape index (κ1) is 20.9. The molecule has 0 spiro atoms. The van der Waals surface area contributed by atoms with Crippen LogP contribution in [-0.4, -0.2) is 36.6 Å². The number of aliphatic imine (C=N–C) groups is 1. The topological polar surface area (TPSA) is 115 Å². The zero-order chi connectivity index (χ0) is 19.5. The van der Waals surface area contributed by atoms with E-state index in [0.717, 1.165) is 25.9 Å². The monoisotopic (exact) mass is 393 g/mol. The van der Waals surface area contributed by atoms with Crippen molar-refractivity contribution in [2.24, 2.45) is 10.7 Å². The summed E-state index contributed by atoms with van der Waals surface area (Å²) in [6.07, 6.45) is 3.06. The highest BCUT2D eigenvalue weighted by Gasteiger charge is 2.10. The van der Waals surface area contributed by atoms with Crippen LogP contribution in [-0.2, 0) is 16.1 Å². The van der Waals surface area contributed by atoms with Crippen LogP contribution in [0, 0.1) is 0 Å². The molecule has 0 aliphatic carbocycles. The van der Waals surface area contributed by atoms with E-state index in [1.807, 2.05) is 17.5 Å². The van der Waals surface area contributed by atoms with Gasteiger partial charge in [-0.15, -0.1) is 11.3 Å². The molecule has 2 aromatic heterocycles. The van der Waals surface area contributed by atoms with Gasteiger partial charge in [0.05, 0.1) is 6.54 Å². The molecule has 4 N–H and O–H groups in total. The van der Waals surface area contributed by atoms with Crippen molar-refractivity contribution >= 4 is 28.3 Å². The van der Waals surface area contributed by atoms with Crippen molar-refractivity contribution in [1.82, 2.24) is 10.3 Å². The van der Waals surface area contributed by atoms with Crippen molar-refractivity contribution in [2.45, 2.75) is 39.7 Å². The average Bonchev–Trinajstić information content (AvgIpc) is 3.28. The number of rotatable bonds is 11. The number of nitrogens with one attached hydrogen (secondary N) is 2. The van der Waals surface area contributed by atoms with E-state index in [-0.39, 0.29) is 5.91 Å². The minimum Gasteiger partial charge on any atom is -0.458 e. The second kappa shape index (κ2) is 11.3. The highest BCUT2D eigenvalue weighted by Crippen LogP contribution is 2.26. The summed E-state index contributed by atoms with van der Waals surface area (Å²) in [5.74, 6) is 1.54. The standard InChI is InChI=1S/C18H27N5O3S/c1-3-4-9-25-10-5-8-20-17(19)23-18-22-15(12-27-18)16-7-6-14(26-16)11-21-13(2)24/h6-7,12H,3-5,8-11H2,1-2H3,(H,21,24)(H3,19,20,22,23). The van der Waals surface area contributed by atoms with Crippen LogP contribution in [0.4, 0.5) is 5.13 Å². The van der Waals surface area contributed by atoms with Crippen LogP contribution in [0.25, 0.3) is 11.5 Å². The molecular formula is C18H27N5O3S. The maximum Gasteiger partial charge on any atom is 0.217 e. The number of thiazole rings is 1. The number of nitrogens with zero attached hydrogens (tertiary/aromatic N) is 2. The van der Waals surface area contributed by atoms with E-state index in [1.54, 1.807) is 0 Å². The fraction of sp³-hybridized carbons (Fsp3) is 0.500. The van der Waals surface area contributed by atoms with E-state index < -0.39 is 0 Å². The van der Waals surface area contributed by atoms with Crippen LogP contribution in [0.5, 0.6) is 0 Å². The summed E-state index contributed by atoms with van der Waals surface area (Å²) in [5, 5.41) is 8.20. The van der Waals surface area contributed by atoms with Gasteiger partial charge in [0.1, 0.15) is 11.5 Å². The Morgan fingerprint density at radius 1 is 1.37 bits per heavy atom. The average molecular weight is 394 g/mol. The molecule has 0 aliphatic heterocycles. The Morgan fingerprint density at radius 2 is 2.19 bits per heavy atom. The summed E-state index contributed by atoms with van der Waals surface area (Å²) >= 11 is 1.42. The third-order valence-electron chi connectivity index (χ3n) is 3.54. The van der Waals surface area contributed by atoms with Gasteiger partial charge in [-0.25, -0.2) is 4.98 Å². The normalized spacial score (nSPS) is 11.6. The Balaban J connectivity index is 1.78. The number of hydrogen-bond acceptors (Lipinski definition) is 6. The molecule has 8 nitrogen and oxygen atoms in total. The molecule has 2 rings (SSSR count). The number of guanidine groups is 1. The molecule has 0 aliphatic rings. The lowest BCUT2D eigenvalue weighted by Gasteiger charge is -2.03. The summed E-state index contributed by atoms with van der Waals surface area (Å²) < 4.78 is 11.2. The summed E-state index contributed by atoms with van der Waals surface area (Å²) in [5.41, 5.74) is 6.59. The molecule has 0 bridgehead atoms. The van der Waals surface area contributed by atoms with Gasteiger partial charge in [0.15, 0.2) is 16.9 Å². The second-order valence-corrected chi connectivity index (χ2v) is 6.78. The maximum atomic E-state index is 11.0. The van der Waals surface area contributed by atoms with Gasteiger partial charge in [0.25, 0.3) is 0 Å². The van der Waals surface area contributed by atoms with Gasteiger partial charge < -0.3 is 25.5 Å². The van der Waals surface area contributed by atoms with Gasteiger partial charge in [0.2, 0.25) is 5.91 Å².